The van der Waals surface area contributed by atoms with Crippen LogP contribution in [0.15, 0.2) is 65.5 Å². The molecule has 25 heavy (non-hydrogen) atoms. The molecule has 0 aliphatic rings. The molecule has 0 unspecified atom stereocenters. The molecule has 122 valence electrons. The van der Waals surface area contributed by atoms with Crippen LogP contribution in [0.1, 0.15) is 27.0 Å². The molecule has 2 nitrogen and oxygen atoms in total. The largest absolute Gasteiger partial charge is 0.289 e. The molecule has 0 spiro atoms. The van der Waals surface area contributed by atoms with E-state index in [-0.39, 0.29) is 11.2 Å². The summed E-state index contributed by atoms with van der Waals surface area (Å²) in [5.41, 5.74) is 3.17. The molecule has 4 rings (SSSR count). The minimum absolute atomic E-state index is 0.00709. The normalized spacial score (nSPS) is 11.1. The molecule has 1 heterocycles. The fourth-order valence-electron chi connectivity index (χ4n) is 3.17. The van der Waals surface area contributed by atoms with Crippen molar-refractivity contribution in [1.82, 2.24) is 0 Å². The number of aryl methyl sites for hydroxylation is 2. The van der Waals surface area contributed by atoms with E-state index in [9.17, 15) is 9.59 Å². The second-order valence-electron chi connectivity index (χ2n) is 6.19. The lowest BCUT2D eigenvalue weighted by atomic mass is 9.96. The predicted molar refractivity (Wildman–Crippen MR) is 105 cm³/mol. The lowest BCUT2D eigenvalue weighted by molar-refractivity contribution is 0.104. The van der Waals surface area contributed by atoms with E-state index >= 15 is 0 Å². The van der Waals surface area contributed by atoms with Gasteiger partial charge in [-0.2, -0.15) is 0 Å². The lowest BCUT2D eigenvalue weighted by Crippen LogP contribution is -2.09. The highest BCUT2D eigenvalue weighted by molar-refractivity contribution is 7.25. The molecule has 0 aliphatic carbocycles. The zero-order valence-corrected chi connectivity index (χ0v) is 14.8. The molecule has 3 aromatic carbocycles. The molecule has 0 radical (unpaired) electrons. The summed E-state index contributed by atoms with van der Waals surface area (Å²) in [7, 11) is 0. The molecule has 0 atom stereocenters. The third-order valence-corrected chi connectivity index (χ3v) is 5.85. The average molecular weight is 344 g/mol. The Hall–Kier alpha value is -2.78. The molecule has 3 heteroatoms. The molecule has 0 saturated heterocycles. The van der Waals surface area contributed by atoms with E-state index in [0.717, 1.165) is 20.5 Å². The van der Waals surface area contributed by atoms with Crippen molar-refractivity contribution < 1.29 is 4.79 Å². The number of benzene rings is 3. The van der Waals surface area contributed by atoms with Crippen molar-refractivity contribution in [2.75, 3.05) is 0 Å². The first-order valence-corrected chi connectivity index (χ1v) is 8.95. The second kappa shape index (κ2) is 5.94. The van der Waals surface area contributed by atoms with Gasteiger partial charge in [0.05, 0.1) is 4.70 Å². The maximum atomic E-state index is 13.1. The first-order chi connectivity index (χ1) is 12.1. The van der Waals surface area contributed by atoms with Gasteiger partial charge in [-0.15, -0.1) is 11.3 Å². The smallest absolute Gasteiger partial charge is 0.196 e. The fraction of sp³-hybridized carbons (Fsp3) is 0.0909. The molecular formula is C22H16O2S. The number of hydrogen-bond donors (Lipinski definition) is 0. The summed E-state index contributed by atoms with van der Waals surface area (Å²) in [6, 6.07) is 18.7. The van der Waals surface area contributed by atoms with Crippen LogP contribution in [-0.2, 0) is 0 Å². The highest BCUT2D eigenvalue weighted by atomic mass is 32.1. The van der Waals surface area contributed by atoms with Crippen LogP contribution in [0.5, 0.6) is 0 Å². The summed E-state index contributed by atoms with van der Waals surface area (Å²) < 4.78 is 1.69. The van der Waals surface area contributed by atoms with E-state index in [0.29, 0.717) is 21.9 Å². The molecule has 1 aromatic heterocycles. The average Bonchev–Trinajstić information content (AvgIpc) is 2.65. The monoisotopic (exact) mass is 344 g/mol. The minimum atomic E-state index is -0.0420. The first kappa shape index (κ1) is 15.7. The van der Waals surface area contributed by atoms with E-state index in [1.54, 1.807) is 0 Å². The van der Waals surface area contributed by atoms with E-state index < -0.39 is 0 Å². The van der Waals surface area contributed by atoms with Gasteiger partial charge in [0.1, 0.15) is 0 Å². The fourth-order valence-corrected chi connectivity index (χ4v) is 4.42. The Morgan fingerprint density at radius 1 is 0.920 bits per heavy atom. The summed E-state index contributed by atoms with van der Waals surface area (Å²) in [6.07, 6.45) is 0. The van der Waals surface area contributed by atoms with Crippen LogP contribution in [0.3, 0.4) is 0 Å². The number of hydrogen-bond acceptors (Lipinski definition) is 3. The molecule has 0 amide bonds. The Morgan fingerprint density at radius 2 is 1.60 bits per heavy atom. The van der Waals surface area contributed by atoms with Crippen LogP contribution in [-0.4, -0.2) is 5.78 Å². The van der Waals surface area contributed by atoms with E-state index in [1.165, 1.54) is 11.3 Å². The van der Waals surface area contributed by atoms with Crippen molar-refractivity contribution in [3.63, 3.8) is 0 Å². The number of fused-ring (bicyclic) bond motifs is 2. The van der Waals surface area contributed by atoms with Crippen LogP contribution < -0.4 is 5.43 Å². The van der Waals surface area contributed by atoms with Gasteiger partial charge in [-0.05, 0) is 43.2 Å². The SMILES string of the molecule is Cc1cc(C(=O)c2ccccc2)c2sc3ccccc3c(=O)c2c1C. The summed E-state index contributed by atoms with van der Waals surface area (Å²) in [6.45, 7) is 3.91. The third kappa shape index (κ3) is 2.48. The molecular weight excluding hydrogens is 328 g/mol. The minimum Gasteiger partial charge on any atom is -0.289 e. The highest BCUT2D eigenvalue weighted by Gasteiger charge is 2.18. The number of carbonyl (C=O) groups excluding carboxylic acids is 1. The van der Waals surface area contributed by atoms with Gasteiger partial charge >= 0.3 is 0 Å². The van der Waals surface area contributed by atoms with Gasteiger partial charge in [-0.25, -0.2) is 0 Å². The predicted octanol–water partition coefficient (Wildman–Crippen LogP) is 5.26. The van der Waals surface area contributed by atoms with Crippen molar-refractivity contribution >= 4 is 37.3 Å². The van der Waals surface area contributed by atoms with Crippen LogP contribution in [0.2, 0.25) is 0 Å². The maximum Gasteiger partial charge on any atom is 0.196 e. The molecule has 4 aromatic rings. The molecule has 0 saturated carbocycles. The van der Waals surface area contributed by atoms with E-state index in [1.807, 2.05) is 74.5 Å². The van der Waals surface area contributed by atoms with Crippen molar-refractivity contribution in [3.05, 3.63) is 93.1 Å². The van der Waals surface area contributed by atoms with Crippen LogP contribution in [0, 0.1) is 13.8 Å². The Bertz CT molecular complexity index is 1190. The van der Waals surface area contributed by atoms with Gasteiger partial charge in [-0.3, -0.25) is 9.59 Å². The second-order valence-corrected chi connectivity index (χ2v) is 7.24. The van der Waals surface area contributed by atoms with Gasteiger partial charge in [0.25, 0.3) is 0 Å². The Labute approximate surface area is 149 Å². The van der Waals surface area contributed by atoms with Crippen LogP contribution >= 0.6 is 11.3 Å². The van der Waals surface area contributed by atoms with Crippen molar-refractivity contribution in [2.24, 2.45) is 0 Å². The van der Waals surface area contributed by atoms with Gasteiger partial charge in [0.2, 0.25) is 0 Å². The third-order valence-electron chi connectivity index (χ3n) is 4.65. The quantitative estimate of drug-likeness (QED) is 0.367. The van der Waals surface area contributed by atoms with Gasteiger partial charge in [0.15, 0.2) is 11.2 Å². The molecule has 0 aliphatic heterocycles. The van der Waals surface area contributed by atoms with Crippen LogP contribution in [0.25, 0.3) is 20.2 Å². The van der Waals surface area contributed by atoms with E-state index in [2.05, 4.69) is 0 Å². The maximum absolute atomic E-state index is 13.1. The summed E-state index contributed by atoms with van der Waals surface area (Å²) in [5.74, 6) is -0.0420. The highest BCUT2D eigenvalue weighted by Crippen LogP contribution is 2.32. The van der Waals surface area contributed by atoms with Crippen molar-refractivity contribution in [1.29, 1.82) is 0 Å². The van der Waals surface area contributed by atoms with Gasteiger partial charge in [-0.1, -0.05) is 42.5 Å². The van der Waals surface area contributed by atoms with Crippen molar-refractivity contribution in [3.8, 4) is 0 Å². The standard InChI is InChI=1S/C22H16O2S/c1-13-12-17(20(23)15-8-4-3-5-9-15)22-19(14(13)2)21(24)16-10-6-7-11-18(16)25-22/h3-12H,1-2H3. The molecule has 0 fully saturated rings. The molecule has 0 N–H and O–H groups in total. The van der Waals surface area contributed by atoms with Gasteiger partial charge < -0.3 is 0 Å². The van der Waals surface area contributed by atoms with Crippen LogP contribution in [0.4, 0.5) is 0 Å². The topological polar surface area (TPSA) is 34.1 Å². The summed E-state index contributed by atoms with van der Waals surface area (Å²) >= 11 is 1.52. The zero-order chi connectivity index (χ0) is 17.6. The first-order valence-electron chi connectivity index (χ1n) is 8.13. The number of ketones is 1. The van der Waals surface area contributed by atoms with Crippen molar-refractivity contribution in [2.45, 2.75) is 13.8 Å². The number of rotatable bonds is 2. The van der Waals surface area contributed by atoms with E-state index in [4.69, 9.17) is 0 Å². The number of carbonyl (C=O) groups is 1. The Balaban J connectivity index is 2.14. The zero-order valence-electron chi connectivity index (χ0n) is 14.0. The summed E-state index contributed by atoms with van der Waals surface area (Å²) in [5, 5.41) is 1.38. The Morgan fingerprint density at radius 3 is 2.36 bits per heavy atom. The Kier molecular flexibility index (Phi) is 3.74. The molecule has 0 bridgehead atoms. The lowest BCUT2D eigenvalue weighted by Gasteiger charge is -2.12. The summed E-state index contributed by atoms with van der Waals surface area (Å²) in [4.78, 5) is 26.1. The van der Waals surface area contributed by atoms with Gasteiger partial charge in [0, 0.05) is 26.6 Å².